The first kappa shape index (κ1) is 25.0. The lowest BCUT2D eigenvalue weighted by atomic mass is 9.93. The summed E-state index contributed by atoms with van der Waals surface area (Å²) in [6.07, 6.45) is 4.89. The molecule has 2 aromatic carbocycles. The Balaban J connectivity index is 1.19. The number of pyridine rings is 2. The van der Waals surface area contributed by atoms with Crippen molar-refractivity contribution in [3.8, 4) is 11.3 Å². The minimum atomic E-state index is -3.18. The van der Waals surface area contributed by atoms with Crippen LogP contribution >= 0.6 is 10.8 Å². The quantitative estimate of drug-likeness (QED) is 0.251. The highest BCUT2D eigenvalue weighted by Gasteiger charge is 2.51. The van der Waals surface area contributed by atoms with E-state index in [9.17, 15) is 19.0 Å². The molecule has 196 valence electrons. The molecule has 0 spiro atoms. The number of benzene rings is 2. The summed E-state index contributed by atoms with van der Waals surface area (Å²) < 4.78 is 23.4. The van der Waals surface area contributed by atoms with Crippen molar-refractivity contribution in [1.82, 2.24) is 14.3 Å². The van der Waals surface area contributed by atoms with Gasteiger partial charge >= 0.3 is 0 Å². The van der Waals surface area contributed by atoms with E-state index in [-0.39, 0.29) is 18.6 Å². The summed E-state index contributed by atoms with van der Waals surface area (Å²) in [6.45, 7) is 0.436. The fourth-order valence-corrected chi connectivity index (χ4v) is 7.06. The number of hydrogen-bond donors (Lipinski definition) is 4. The maximum Gasteiger partial charge on any atom is 0.236 e. The summed E-state index contributed by atoms with van der Waals surface area (Å²) >= 11 is 0. The van der Waals surface area contributed by atoms with Gasteiger partial charge in [-0.3, -0.25) is 18.9 Å². The predicted octanol–water partition coefficient (Wildman–Crippen LogP) is 5.45. The molecule has 38 heavy (non-hydrogen) atoms. The van der Waals surface area contributed by atoms with Gasteiger partial charge in [0.15, 0.2) is 0 Å². The molecule has 3 heterocycles. The SMILES string of the molecule is O=C(Nc1cccc(-c2ccc(S(O)(O)N3CCC[C@@H]3CO)cc2)n1)C1(c2ccc3ncccc3c2)CC1. The molecule has 6 rings (SSSR count). The second-order valence-corrected chi connectivity index (χ2v) is 12.0. The summed E-state index contributed by atoms with van der Waals surface area (Å²) in [5, 5.41) is 13.6. The zero-order chi connectivity index (χ0) is 26.3. The molecule has 4 aromatic rings. The molecule has 1 atom stereocenters. The number of aliphatic hydroxyl groups is 1. The summed E-state index contributed by atoms with van der Waals surface area (Å²) in [5.74, 6) is 0.399. The monoisotopic (exact) mass is 530 g/mol. The van der Waals surface area contributed by atoms with E-state index >= 15 is 0 Å². The molecular weight excluding hydrogens is 500 g/mol. The number of carbonyl (C=O) groups is 1. The van der Waals surface area contributed by atoms with Crippen LogP contribution in [0.5, 0.6) is 0 Å². The Kier molecular flexibility index (Phi) is 6.41. The minimum absolute atomic E-state index is 0.0706. The Bertz CT molecular complexity index is 1490. The summed E-state index contributed by atoms with van der Waals surface area (Å²) in [4.78, 5) is 22.8. The average molecular weight is 531 g/mol. The summed E-state index contributed by atoms with van der Waals surface area (Å²) in [6, 6.07) is 22.1. The van der Waals surface area contributed by atoms with E-state index in [0.717, 1.165) is 47.7 Å². The topological polar surface area (TPSA) is 119 Å². The van der Waals surface area contributed by atoms with Crippen LogP contribution in [0.2, 0.25) is 0 Å². The number of rotatable bonds is 7. The first-order valence-corrected chi connectivity index (χ1v) is 14.3. The average Bonchev–Trinajstić information content (AvgIpc) is 3.62. The van der Waals surface area contributed by atoms with Crippen LogP contribution in [0.4, 0.5) is 5.82 Å². The lowest BCUT2D eigenvalue weighted by Crippen LogP contribution is -2.34. The number of anilines is 1. The third kappa shape index (κ3) is 4.46. The van der Waals surface area contributed by atoms with Gasteiger partial charge in [0.05, 0.1) is 34.2 Å². The fraction of sp³-hybridized carbons (Fsp3) is 0.276. The minimum Gasteiger partial charge on any atom is -0.395 e. The number of aromatic nitrogens is 2. The van der Waals surface area contributed by atoms with Crippen molar-refractivity contribution in [2.24, 2.45) is 0 Å². The Morgan fingerprint density at radius 2 is 1.87 bits per heavy atom. The van der Waals surface area contributed by atoms with Crippen LogP contribution < -0.4 is 5.32 Å². The second kappa shape index (κ2) is 9.76. The molecule has 1 aliphatic heterocycles. The molecule has 0 bridgehead atoms. The van der Waals surface area contributed by atoms with E-state index in [1.165, 1.54) is 0 Å². The van der Waals surface area contributed by atoms with Crippen LogP contribution in [0.3, 0.4) is 0 Å². The molecule has 8 nitrogen and oxygen atoms in total. The molecular formula is C29H30N4O4S. The van der Waals surface area contributed by atoms with E-state index in [1.807, 2.05) is 36.4 Å². The fourth-order valence-electron chi connectivity index (χ4n) is 5.32. The van der Waals surface area contributed by atoms with E-state index in [1.54, 1.807) is 40.8 Å². The van der Waals surface area contributed by atoms with Crippen LogP contribution in [0.1, 0.15) is 31.2 Å². The third-order valence-corrected chi connectivity index (χ3v) is 9.70. The van der Waals surface area contributed by atoms with Gasteiger partial charge in [-0.15, -0.1) is 10.8 Å². The number of carbonyl (C=O) groups excluding carboxylic acids is 1. The van der Waals surface area contributed by atoms with Crippen molar-refractivity contribution >= 4 is 33.4 Å². The van der Waals surface area contributed by atoms with Crippen LogP contribution in [-0.4, -0.2) is 53.6 Å². The molecule has 1 saturated heterocycles. The molecule has 0 unspecified atom stereocenters. The van der Waals surface area contributed by atoms with Crippen molar-refractivity contribution in [2.45, 2.75) is 42.0 Å². The number of nitrogens with one attached hydrogen (secondary N) is 1. The van der Waals surface area contributed by atoms with Gasteiger partial charge in [0.25, 0.3) is 0 Å². The van der Waals surface area contributed by atoms with Crippen molar-refractivity contribution in [2.75, 3.05) is 18.5 Å². The van der Waals surface area contributed by atoms with E-state index in [4.69, 9.17) is 0 Å². The van der Waals surface area contributed by atoms with E-state index in [2.05, 4.69) is 21.4 Å². The second-order valence-electron chi connectivity index (χ2n) is 10.0. The van der Waals surface area contributed by atoms with Crippen LogP contribution in [-0.2, 0) is 10.2 Å². The number of nitrogens with zero attached hydrogens (tertiary/aromatic N) is 3. The molecule has 9 heteroatoms. The number of fused-ring (bicyclic) bond motifs is 1. The largest absolute Gasteiger partial charge is 0.395 e. The molecule has 4 N–H and O–H groups in total. The number of amides is 1. The zero-order valence-corrected chi connectivity index (χ0v) is 21.6. The zero-order valence-electron chi connectivity index (χ0n) is 20.8. The van der Waals surface area contributed by atoms with Gasteiger partial charge in [-0.1, -0.05) is 30.3 Å². The van der Waals surface area contributed by atoms with Gasteiger partial charge in [-0.05, 0) is 73.7 Å². The standard InChI is InChI=1S/C29H30N4O4S/c34-19-23-5-3-17-33(23)38(36,37)24-11-8-20(9-12-24)26-6-1-7-27(31-26)32-28(35)29(14-15-29)22-10-13-25-21(18-22)4-2-16-30-25/h1-2,4,6-13,16,18,23,34,36-37H,3,5,14-15,17,19H2,(H,31,32,35)/t23-/m1/s1. The Morgan fingerprint density at radius 3 is 2.63 bits per heavy atom. The Morgan fingerprint density at radius 1 is 1.05 bits per heavy atom. The molecule has 1 aliphatic carbocycles. The Labute approximate surface area is 222 Å². The highest BCUT2D eigenvalue weighted by Crippen LogP contribution is 2.55. The normalized spacial score (nSPS) is 19.4. The van der Waals surface area contributed by atoms with Crippen LogP contribution in [0, 0.1) is 0 Å². The predicted molar refractivity (Wildman–Crippen MR) is 149 cm³/mol. The molecule has 1 amide bonds. The molecule has 2 aromatic heterocycles. The lowest BCUT2D eigenvalue weighted by Gasteiger charge is -2.43. The molecule has 1 saturated carbocycles. The van der Waals surface area contributed by atoms with Crippen LogP contribution in [0.25, 0.3) is 22.2 Å². The maximum absolute atomic E-state index is 13.4. The van der Waals surface area contributed by atoms with Gasteiger partial charge in [-0.2, -0.15) is 4.31 Å². The lowest BCUT2D eigenvalue weighted by molar-refractivity contribution is -0.118. The van der Waals surface area contributed by atoms with E-state index < -0.39 is 16.2 Å². The molecule has 2 aliphatic rings. The first-order chi connectivity index (χ1) is 18.4. The van der Waals surface area contributed by atoms with Crippen molar-refractivity contribution < 1.29 is 19.0 Å². The van der Waals surface area contributed by atoms with E-state index in [0.29, 0.717) is 23.0 Å². The smallest absolute Gasteiger partial charge is 0.236 e. The van der Waals surface area contributed by atoms with Gasteiger partial charge in [0.2, 0.25) is 5.91 Å². The number of hydrogen-bond acceptors (Lipinski definition) is 7. The van der Waals surface area contributed by atoms with Gasteiger partial charge < -0.3 is 10.4 Å². The summed E-state index contributed by atoms with van der Waals surface area (Å²) in [7, 11) is -3.18. The number of aliphatic hydroxyl groups excluding tert-OH is 1. The van der Waals surface area contributed by atoms with Gasteiger partial charge in [0, 0.05) is 23.7 Å². The van der Waals surface area contributed by atoms with Gasteiger partial charge in [0.1, 0.15) is 5.82 Å². The summed E-state index contributed by atoms with van der Waals surface area (Å²) in [5.41, 5.74) is 2.80. The highest BCUT2D eigenvalue weighted by molar-refractivity contribution is 8.22. The van der Waals surface area contributed by atoms with Crippen LogP contribution in [0.15, 0.2) is 83.9 Å². The first-order valence-electron chi connectivity index (χ1n) is 12.8. The highest BCUT2D eigenvalue weighted by atomic mass is 32.3. The third-order valence-electron chi connectivity index (χ3n) is 7.66. The molecule has 2 fully saturated rings. The van der Waals surface area contributed by atoms with Crippen molar-refractivity contribution in [3.63, 3.8) is 0 Å². The van der Waals surface area contributed by atoms with Crippen molar-refractivity contribution in [1.29, 1.82) is 0 Å². The maximum atomic E-state index is 13.4. The van der Waals surface area contributed by atoms with Crippen molar-refractivity contribution in [3.05, 3.63) is 84.6 Å². The Hall–Kier alpha value is -3.34. The van der Waals surface area contributed by atoms with Gasteiger partial charge in [-0.25, -0.2) is 4.98 Å². The molecule has 0 radical (unpaired) electrons.